The Morgan fingerprint density at radius 3 is 2.58 bits per heavy atom. The molecule has 1 saturated heterocycles. The van der Waals surface area contributed by atoms with Crippen LogP contribution in [-0.4, -0.2) is 48.2 Å². The zero-order chi connectivity index (χ0) is 13.5. The molecule has 1 aliphatic rings. The van der Waals surface area contributed by atoms with E-state index in [1.165, 1.54) is 32.4 Å². The van der Waals surface area contributed by atoms with Crippen molar-refractivity contribution in [1.29, 1.82) is 0 Å². The van der Waals surface area contributed by atoms with Crippen molar-refractivity contribution in [2.75, 3.05) is 38.6 Å². The summed E-state index contributed by atoms with van der Waals surface area (Å²) in [6, 6.07) is 0. The van der Waals surface area contributed by atoms with Crippen molar-refractivity contribution in [2.45, 2.75) is 26.2 Å². The molecule has 1 N–H and O–H groups in total. The van der Waals surface area contributed by atoms with Gasteiger partial charge >= 0.3 is 0 Å². The maximum absolute atomic E-state index is 5.04. The molecule has 1 aromatic heterocycles. The van der Waals surface area contributed by atoms with Crippen LogP contribution in [0.3, 0.4) is 0 Å². The standard InChI is InChI=1S/C14H24N4O/c1-12(11-18-6-4-3-5-7-18)8-15-14-16-9-13(19-2)10-17-14/h9-10,12H,3-8,11H2,1-2H3,(H,15,16,17). The van der Waals surface area contributed by atoms with Gasteiger partial charge in [0.15, 0.2) is 5.75 Å². The van der Waals surface area contributed by atoms with Gasteiger partial charge in [0.25, 0.3) is 0 Å². The summed E-state index contributed by atoms with van der Waals surface area (Å²) >= 11 is 0. The van der Waals surface area contributed by atoms with Crippen molar-refractivity contribution >= 4 is 5.95 Å². The minimum atomic E-state index is 0.601. The molecule has 0 saturated carbocycles. The molecule has 1 aromatic rings. The van der Waals surface area contributed by atoms with Gasteiger partial charge in [-0.3, -0.25) is 0 Å². The highest BCUT2D eigenvalue weighted by molar-refractivity contribution is 5.26. The number of ether oxygens (including phenoxy) is 1. The van der Waals surface area contributed by atoms with Crippen molar-refractivity contribution < 1.29 is 4.74 Å². The molecule has 5 heteroatoms. The summed E-state index contributed by atoms with van der Waals surface area (Å²) in [4.78, 5) is 11.0. The van der Waals surface area contributed by atoms with E-state index in [4.69, 9.17) is 4.74 Å². The number of hydrogen-bond acceptors (Lipinski definition) is 5. The summed E-state index contributed by atoms with van der Waals surface area (Å²) in [7, 11) is 1.62. The topological polar surface area (TPSA) is 50.3 Å². The van der Waals surface area contributed by atoms with Gasteiger partial charge in [-0.1, -0.05) is 13.3 Å². The Kier molecular flexibility index (Phi) is 5.39. The fraction of sp³-hybridized carbons (Fsp3) is 0.714. The monoisotopic (exact) mass is 264 g/mol. The van der Waals surface area contributed by atoms with Crippen molar-refractivity contribution in [3.63, 3.8) is 0 Å². The molecule has 0 aliphatic carbocycles. The van der Waals surface area contributed by atoms with Gasteiger partial charge in [0.2, 0.25) is 5.95 Å². The highest BCUT2D eigenvalue weighted by Gasteiger charge is 2.13. The minimum Gasteiger partial charge on any atom is -0.494 e. The Labute approximate surface area is 115 Å². The van der Waals surface area contributed by atoms with Crippen molar-refractivity contribution in [2.24, 2.45) is 5.92 Å². The molecule has 1 aliphatic heterocycles. The second-order valence-electron chi connectivity index (χ2n) is 5.29. The number of rotatable bonds is 6. The van der Waals surface area contributed by atoms with Gasteiger partial charge < -0.3 is 15.0 Å². The number of nitrogens with one attached hydrogen (secondary N) is 1. The van der Waals surface area contributed by atoms with E-state index in [9.17, 15) is 0 Å². The lowest BCUT2D eigenvalue weighted by Gasteiger charge is -2.29. The maximum Gasteiger partial charge on any atom is 0.222 e. The average molecular weight is 264 g/mol. The molecular formula is C14H24N4O. The Morgan fingerprint density at radius 2 is 1.95 bits per heavy atom. The number of anilines is 1. The van der Waals surface area contributed by atoms with E-state index < -0.39 is 0 Å². The third-order valence-electron chi connectivity index (χ3n) is 3.49. The van der Waals surface area contributed by atoms with E-state index >= 15 is 0 Å². The molecule has 2 rings (SSSR count). The van der Waals surface area contributed by atoms with E-state index in [0.29, 0.717) is 17.6 Å². The summed E-state index contributed by atoms with van der Waals surface area (Å²) in [6.45, 7) is 6.84. The zero-order valence-corrected chi connectivity index (χ0v) is 11.9. The number of likely N-dealkylation sites (tertiary alicyclic amines) is 1. The molecule has 0 radical (unpaired) electrons. The molecule has 1 fully saturated rings. The van der Waals surface area contributed by atoms with Crippen LogP contribution in [0, 0.1) is 5.92 Å². The van der Waals surface area contributed by atoms with E-state index in [1.54, 1.807) is 19.5 Å². The fourth-order valence-electron chi connectivity index (χ4n) is 2.43. The van der Waals surface area contributed by atoms with Gasteiger partial charge in [-0.2, -0.15) is 0 Å². The van der Waals surface area contributed by atoms with Crippen LogP contribution < -0.4 is 10.1 Å². The lowest BCUT2D eigenvalue weighted by atomic mass is 10.1. The predicted molar refractivity (Wildman–Crippen MR) is 76.5 cm³/mol. The molecular weight excluding hydrogens is 240 g/mol. The van der Waals surface area contributed by atoms with Crippen LogP contribution >= 0.6 is 0 Å². The van der Waals surface area contributed by atoms with Gasteiger partial charge in [-0.05, 0) is 31.8 Å². The van der Waals surface area contributed by atoms with Crippen LogP contribution in [0.25, 0.3) is 0 Å². The molecule has 1 unspecified atom stereocenters. The van der Waals surface area contributed by atoms with Crippen LogP contribution in [0.5, 0.6) is 5.75 Å². The first-order valence-corrected chi connectivity index (χ1v) is 7.10. The van der Waals surface area contributed by atoms with Gasteiger partial charge in [0.1, 0.15) is 0 Å². The Balaban J connectivity index is 1.71. The number of piperidine rings is 1. The first-order chi connectivity index (χ1) is 9.28. The molecule has 0 spiro atoms. The Hall–Kier alpha value is -1.36. The number of methoxy groups -OCH3 is 1. The second kappa shape index (κ2) is 7.28. The number of hydrogen-bond donors (Lipinski definition) is 1. The normalized spacial score (nSPS) is 18.0. The molecule has 0 aromatic carbocycles. The third-order valence-corrected chi connectivity index (χ3v) is 3.49. The lowest BCUT2D eigenvalue weighted by molar-refractivity contribution is 0.204. The van der Waals surface area contributed by atoms with Crippen LogP contribution in [0.15, 0.2) is 12.4 Å². The van der Waals surface area contributed by atoms with Gasteiger partial charge in [0, 0.05) is 13.1 Å². The van der Waals surface area contributed by atoms with Crippen LogP contribution in [-0.2, 0) is 0 Å². The molecule has 5 nitrogen and oxygen atoms in total. The Morgan fingerprint density at radius 1 is 1.26 bits per heavy atom. The summed E-state index contributed by atoms with van der Waals surface area (Å²) in [5, 5.41) is 3.28. The van der Waals surface area contributed by atoms with Crippen molar-refractivity contribution in [3.05, 3.63) is 12.4 Å². The van der Waals surface area contributed by atoms with E-state index in [-0.39, 0.29) is 0 Å². The molecule has 19 heavy (non-hydrogen) atoms. The molecule has 106 valence electrons. The van der Waals surface area contributed by atoms with E-state index in [1.807, 2.05) is 0 Å². The second-order valence-corrected chi connectivity index (χ2v) is 5.29. The summed E-state index contributed by atoms with van der Waals surface area (Å²) in [5.41, 5.74) is 0. The Bertz CT molecular complexity index is 362. The molecule has 0 amide bonds. The average Bonchev–Trinajstić information content (AvgIpc) is 2.47. The van der Waals surface area contributed by atoms with Crippen molar-refractivity contribution in [1.82, 2.24) is 14.9 Å². The smallest absolute Gasteiger partial charge is 0.222 e. The summed E-state index contributed by atoms with van der Waals surface area (Å²) in [5.74, 6) is 1.96. The van der Waals surface area contributed by atoms with Crippen LogP contribution in [0.2, 0.25) is 0 Å². The van der Waals surface area contributed by atoms with Crippen LogP contribution in [0.4, 0.5) is 5.95 Å². The zero-order valence-electron chi connectivity index (χ0n) is 11.9. The summed E-state index contributed by atoms with van der Waals surface area (Å²) in [6.07, 6.45) is 7.46. The summed E-state index contributed by atoms with van der Waals surface area (Å²) < 4.78 is 5.04. The first kappa shape index (κ1) is 14.1. The van der Waals surface area contributed by atoms with E-state index in [0.717, 1.165) is 13.1 Å². The highest BCUT2D eigenvalue weighted by atomic mass is 16.5. The lowest BCUT2D eigenvalue weighted by Crippen LogP contribution is -2.35. The minimum absolute atomic E-state index is 0.601. The third kappa shape index (κ3) is 4.67. The van der Waals surface area contributed by atoms with Gasteiger partial charge in [-0.25, -0.2) is 9.97 Å². The first-order valence-electron chi connectivity index (χ1n) is 7.10. The fourth-order valence-corrected chi connectivity index (χ4v) is 2.43. The highest BCUT2D eigenvalue weighted by Crippen LogP contribution is 2.12. The quantitative estimate of drug-likeness (QED) is 0.852. The maximum atomic E-state index is 5.04. The van der Waals surface area contributed by atoms with Crippen molar-refractivity contribution in [3.8, 4) is 5.75 Å². The van der Waals surface area contributed by atoms with E-state index in [2.05, 4.69) is 27.1 Å². The van der Waals surface area contributed by atoms with Crippen LogP contribution in [0.1, 0.15) is 26.2 Å². The van der Waals surface area contributed by atoms with Gasteiger partial charge in [-0.15, -0.1) is 0 Å². The molecule has 2 heterocycles. The number of nitrogens with zero attached hydrogens (tertiary/aromatic N) is 3. The SMILES string of the molecule is COc1cnc(NCC(C)CN2CCCCC2)nc1. The number of aromatic nitrogens is 2. The van der Waals surface area contributed by atoms with Gasteiger partial charge in [0.05, 0.1) is 19.5 Å². The molecule has 1 atom stereocenters. The predicted octanol–water partition coefficient (Wildman–Crippen LogP) is 2.02. The molecule has 0 bridgehead atoms. The largest absolute Gasteiger partial charge is 0.494 e.